The molecule has 0 atom stereocenters. The number of benzene rings is 1. The van der Waals surface area contributed by atoms with Gasteiger partial charge in [0, 0.05) is 16.0 Å². The molecule has 0 saturated carbocycles. The third-order valence-corrected chi connectivity index (χ3v) is 3.73. The molecule has 1 aromatic carbocycles. The summed E-state index contributed by atoms with van der Waals surface area (Å²) in [5.41, 5.74) is 1.38. The lowest BCUT2D eigenvalue weighted by atomic mass is 10.0. The van der Waals surface area contributed by atoms with Gasteiger partial charge in [-0.25, -0.2) is 4.63 Å². The van der Waals surface area contributed by atoms with Crippen LogP contribution >= 0.6 is 15.9 Å². The molecule has 6 heteroatoms. The highest BCUT2D eigenvalue weighted by Gasteiger charge is 2.19. The van der Waals surface area contributed by atoms with Gasteiger partial charge in [0.2, 0.25) is 11.7 Å². The average Bonchev–Trinajstić information content (AvgIpc) is 2.89. The number of carbonyl (C=O) groups excluding carboxylic acids is 1. The third-order valence-electron chi connectivity index (χ3n) is 3.20. The van der Waals surface area contributed by atoms with Crippen LogP contribution in [0, 0.1) is 5.92 Å². The molecule has 0 radical (unpaired) electrons. The van der Waals surface area contributed by atoms with Crippen molar-refractivity contribution in [3.63, 3.8) is 0 Å². The predicted octanol–water partition coefficient (Wildman–Crippen LogP) is 3.87. The Hall–Kier alpha value is -1.69. The van der Waals surface area contributed by atoms with E-state index in [9.17, 15) is 4.79 Å². The van der Waals surface area contributed by atoms with Crippen molar-refractivity contribution in [3.05, 3.63) is 28.7 Å². The maximum atomic E-state index is 12.1. The molecule has 2 aromatic rings. The van der Waals surface area contributed by atoms with Crippen molar-refractivity contribution in [1.29, 1.82) is 0 Å². The summed E-state index contributed by atoms with van der Waals surface area (Å²) in [5.74, 6) is 0.290. The zero-order chi connectivity index (χ0) is 14.5. The zero-order valence-corrected chi connectivity index (χ0v) is 13.0. The summed E-state index contributed by atoms with van der Waals surface area (Å²) in [6, 6.07) is 7.57. The number of hydrogen-bond acceptors (Lipinski definition) is 4. The van der Waals surface area contributed by atoms with Gasteiger partial charge < -0.3 is 5.32 Å². The SMILES string of the molecule is CCC(CC)C(=O)Nc1nonc1-c1ccc(Br)cc1. The molecule has 20 heavy (non-hydrogen) atoms. The standard InChI is InChI=1S/C14H16BrN3O2/c1-3-9(4-2)14(19)16-13-12(17-20-18-13)10-5-7-11(15)8-6-10/h5-9H,3-4H2,1-2H3,(H,16,18,19). The van der Waals surface area contributed by atoms with Crippen LogP contribution in [-0.2, 0) is 4.79 Å². The second-order valence-electron chi connectivity index (χ2n) is 4.47. The van der Waals surface area contributed by atoms with Crippen molar-refractivity contribution in [2.24, 2.45) is 5.92 Å². The number of anilines is 1. The number of aromatic nitrogens is 2. The van der Waals surface area contributed by atoms with E-state index in [2.05, 4.69) is 31.6 Å². The first-order valence-electron chi connectivity index (χ1n) is 6.55. The minimum Gasteiger partial charge on any atom is -0.306 e. The van der Waals surface area contributed by atoms with Crippen LogP contribution in [-0.4, -0.2) is 16.2 Å². The molecule has 0 unspecified atom stereocenters. The third kappa shape index (κ3) is 3.25. The van der Waals surface area contributed by atoms with E-state index in [1.807, 2.05) is 38.1 Å². The summed E-state index contributed by atoms with van der Waals surface area (Å²) in [6.45, 7) is 3.98. The summed E-state index contributed by atoms with van der Waals surface area (Å²) in [4.78, 5) is 12.1. The highest BCUT2D eigenvalue weighted by atomic mass is 79.9. The molecule has 0 bridgehead atoms. The lowest BCUT2D eigenvalue weighted by Crippen LogP contribution is -2.22. The van der Waals surface area contributed by atoms with Crippen molar-refractivity contribution in [2.75, 3.05) is 5.32 Å². The number of rotatable bonds is 5. The Balaban J connectivity index is 2.21. The number of nitrogens with one attached hydrogen (secondary N) is 1. The number of amides is 1. The fourth-order valence-electron chi connectivity index (χ4n) is 1.95. The van der Waals surface area contributed by atoms with Gasteiger partial charge >= 0.3 is 0 Å². The average molecular weight is 338 g/mol. The molecular weight excluding hydrogens is 322 g/mol. The van der Waals surface area contributed by atoms with Crippen molar-refractivity contribution in [3.8, 4) is 11.3 Å². The van der Waals surface area contributed by atoms with Crippen LogP contribution < -0.4 is 5.32 Å². The van der Waals surface area contributed by atoms with E-state index in [4.69, 9.17) is 4.63 Å². The lowest BCUT2D eigenvalue weighted by Gasteiger charge is -2.11. The molecule has 1 heterocycles. The highest BCUT2D eigenvalue weighted by Crippen LogP contribution is 2.26. The molecule has 106 valence electrons. The Morgan fingerprint density at radius 2 is 1.90 bits per heavy atom. The minimum atomic E-state index is -0.0518. The van der Waals surface area contributed by atoms with Gasteiger partial charge in [-0.1, -0.05) is 41.9 Å². The summed E-state index contributed by atoms with van der Waals surface area (Å²) < 4.78 is 5.72. The van der Waals surface area contributed by atoms with Crippen LogP contribution in [0.3, 0.4) is 0 Å². The van der Waals surface area contributed by atoms with E-state index >= 15 is 0 Å². The quantitative estimate of drug-likeness (QED) is 0.898. The van der Waals surface area contributed by atoms with Crippen LogP contribution in [0.1, 0.15) is 26.7 Å². The monoisotopic (exact) mass is 337 g/mol. The largest absolute Gasteiger partial charge is 0.306 e. The van der Waals surface area contributed by atoms with E-state index < -0.39 is 0 Å². The second kappa shape index (κ2) is 6.65. The topological polar surface area (TPSA) is 68.0 Å². The highest BCUT2D eigenvalue weighted by molar-refractivity contribution is 9.10. The molecule has 0 aliphatic carbocycles. The van der Waals surface area contributed by atoms with Crippen LogP contribution in [0.4, 0.5) is 5.82 Å². The van der Waals surface area contributed by atoms with Gasteiger partial charge in [-0.05, 0) is 35.3 Å². The first kappa shape index (κ1) is 14.7. The summed E-state index contributed by atoms with van der Waals surface area (Å²) in [5, 5.41) is 10.4. The Morgan fingerprint density at radius 1 is 1.25 bits per heavy atom. The Labute approximate surface area is 125 Å². The minimum absolute atomic E-state index is 0.0236. The number of carbonyl (C=O) groups is 1. The molecular formula is C14H16BrN3O2. The van der Waals surface area contributed by atoms with Crippen LogP contribution in [0.15, 0.2) is 33.4 Å². The first-order chi connectivity index (χ1) is 9.65. The molecule has 2 rings (SSSR count). The number of nitrogens with zero attached hydrogens (tertiary/aromatic N) is 2. The van der Waals surface area contributed by atoms with Crippen LogP contribution in [0.25, 0.3) is 11.3 Å². The van der Waals surface area contributed by atoms with Gasteiger partial charge in [0.25, 0.3) is 0 Å². The summed E-state index contributed by atoms with van der Waals surface area (Å²) in [7, 11) is 0. The van der Waals surface area contributed by atoms with E-state index in [1.165, 1.54) is 0 Å². The molecule has 0 saturated heterocycles. The van der Waals surface area contributed by atoms with Crippen LogP contribution in [0.2, 0.25) is 0 Å². The van der Waals surface area contributed by atoms with Crippen LogP contribution in [0.5, 0.6) is 0 Å². The normalized spacial score (nSPS) is 10.8. The van der Waals surface area contributed by atoms with E-state index in [1.54, 1.807) is 0 Å². The van der Waals surface area contributed by atoms with Gasteiger partial charge in [-0.2, -0.15) is 0 Å². The molecule has 5 nitrogen and oxygen atoms in total. The molecule has 0 fully saturated rings. The van der Waals surface area contributed by atoms with Crippen molar-refractivity contribution in [1.82, 2.24) is 10.3 Å². The molecule has 1 aromatic heterocycles. The van der Waals surface area contributed by atoms with Crippen molar-refractivity contribution in [2.45, 2.75) is 26.7 Å². The molecule has 1 N–H and O–H groups in total. The zero-order valence-electron chi connectivity index (χ0n) is 11.4. The number of hydrogen-bond donors (Lipinski definition) is 1. The Morgan fingerprint density at radius 3 is 2.50 bits per heavy atom. The molecule has 0 aliphatic heterocycles. The maximum absolute atomic E-state index is 12.1. The molecule has 0 aliphatic rings. The fourth-order valence-corrected chi connectivity index (χ4v) is 2.21. The smallest absolute Gasteiger partial charge is 0.228 e. The first-order valence-corrected chi connectivity index (χ1v) is 7.34. The second-order valence-corrected chi connectivity index (χ2v) is 5.39. The van der Waals surface area contributed by atoms with Gasteiger partial charge in [-0.15, -0.1) is 0 Å². The summed E-state index contributed by atoms with van der Waals surface area (Å²) >= 11 is 3.38. The molecule has 0 spiro atoms. The van der Waals surface area contributed by atoms with E-state index in [0.717, 1.165) is 22.9 Å². The molecule has 1 amide bonds. The van der Waals surface area contributed by atoms with Crippen molar-refractivity contribution < 1.29 is 9.42 Å². The van der Waals surface area contributed by atoms with Gasteiger partial charge in [0.1, 0.15) is 0 Å². The van der Waals surface area contributed by atoms with E-state index in [0.29, 0.717) is 11.5 Å². The van der Waals surface area contributed by atoms with Gasteiger partial charge in [-0.3, -0.25) is 4.79 Å². The summed E-state index contributed by atoms with van der Waals surface area (Å²) in [6.07, 6.45) is 1.59. The van der Waals surface area contributed by atoms with E-state index in [-0.39, 0.29) is 11.8 Å². The Kier molecular flexibility index (Phi) is 4.89. The predicted molar refractivity (Wildman–Crippen MR) is 80.1 cm³/mol. The van der Waals surface area contributed by atoms with Gasteiger partial charge in [0.05, 0.1) is 0 Å². The van der Waals surface area contributed by atoms with Gasteiger partial charge in [0.15, 0.2) is 5.69 Å². The Bertz CT molecular complexity index is 576. The maximum Gasteiger partial charge on any atom is 0.228 e. The van der Waals surface area contributed by atoms with Crippen molar-refractivity contribution >= 4 is 27.7 Å². The fraction of sp³-hybridized carbons (Fsp3) is 0.357. The lowest BCUT2D eigenvalue weighted by molar-refractivity contribution is -0.120. The number of halogens is 1.